The molecule has 1 aromatic rings. The number of H-pyrrole nitrogens is 1. The highest BCUT2D eigenvalue weighted by Crippen LogP contribution is 2.22. The smallest absolute Gasteiger partial charge is 0.334 e. The summed E-state index contributed by atoms with van der Waals surface area (Å²) >= 11 is 0. The number of alkyl halides is 3. The SMILES string of the molecule is CC1CN(C(=O)c2n[nH]c3c2CNCC3)CCN1CC(F)(F)F.Cl. The number of nitrogens with zero attached hydrogens (tertiary/aromatic N) is 3. The molecule has 10 heteroatoms. The monoisotopic (exact) mass is 367 g/mol. The Balaban J connectivity index is 0.00000208. The fraction of sp³-hybridized carbons (Fsp3) is 0.714. The van der Waals surface area contributed by atoms with E-state index >= 15 is 0 Å². The van der Waals surface area contributed by atoms with Gasteiger partial charge in [-0.3, -0.25) is 14.8 Å². The Morgan fingerprint density at radius 3 is 2.79 bits per heavy atom. The second-order valence-corrected chi connectivity index (χ2v) is 6.14. The van der Waals surface area contributed by atoms with Gasteiger partial charge in [0, 0.05) is 56.4 Å². The molecule has 0 aromatic carbocycles. The third-order valence-corrected chi connectivity index (χ3v) is 4.44. The van der Waals surface area contributed by atoms with Gasteiger partial charge in [0.25, 0.3) is 5.91 Å². The maximum Gasteiger partial charge on any atom is 0.401 e. The summed E-state index contributed by atoms with van der Waals surface area (Å²) in [6.07, 6.45) is -3.42. The molecule has 1 saturated heterocycles. The predicted molar refractivity (Wildman–Crippen MR) is 84.2 cm³/mol. The molecule has 1 aromatic heterocycles. The van der Waals surface area contributed by atoms with Crippen molar-refractivity contribution in [2.45, 2.75) is 32.1 Å². The number of amides is 1. The average Bonchev–Trinajstić information content (AvgIpc) is 2.91. The Labute approximate surface area is 144 Å². The van der Waals surface area contributed by atoms with Crippen LogP contribution < -0.4 is 5.32 Å². The maximum atomic E-state index is 12.6. The van der Waals surface area contributed by atoms with Gasteiger partial charge in [-0.25, -0.2) is 0 Å². The molecule has 1 atom stereocenters. The highest BCUT2D eigenvalue weighted by molar-refractivity contribution is 5.94. The van der Waals surface area contributed by atoms with Crippen LogP contribution in [0.2, 0.25) is 0 Å². The van der Waals surface area contributed by atoms with E-state index in [1.165, 1.54) is 4.90 Å². The molecule has 3 heterocycles. The molecule has 1 amide bonds. The summed E-state index contributed by atoms with van der Waals surface area (Å²) in [5.41, 5.74) is 2.24. The van der Waals surface area contributed by atoms with Crippen LogP contribution >= 0.6 is 12.4 Å². The minimum absolute atomic E-state index is 0. The Morgan fingerprint density at radius 2 is 2.12 bits per heavy atom. The van der Waals surface area contributed by atoms with Gasteiger partial charge in [0.1, 0.15) is 0 Å². The highest BCUT2D eigenvalue weighted by Gasteiger charge is 2.37. The van der Waals surface area contributed by atoms with E-state index in [0.29, 0.717) is 12.2 Å². The summed E-state index contributed by atoms with van der Waals surface area (Å²) < 4.78 is 37.6. The van der Waals surface area contributed by atoms with Crippen LogP contribution in [0.5, 0.6) is 0 Å². The Bertz CT molecular complexity index is 591. The van der Waals surface area contributed by atoms with Gasteiger partial charge < -0.3 is 10.2 Å². The number of aromatic nitrogens is 2. The molecule has 3 rings (SSSR count). The molecule has 0 aliphatic carbocycles. The topological polar surface area (TPSA) is 64.3 Å². The lowest BCUT2D eigenvalue weighted by Crippen LogP contribution is -2.55. The van der Waals surface area contributed by atoms with E-state index in [2.05, 4.69) is 15.5 Å². The van der Waals surface area contributed by atoms with Gasteiger partial charge in [0.15, 0.2) is 5.69 Å². The molecule has 0 spiro atoms. The third kappa shape index (κ3) is 4.01. The fourth-order valence-electron chi connectivity index (χ4n) is 3.20. The van der Waals surface area contributed by atoms with E-state index in [1.54, 1.807) is 11.8 Å². The first kappa shape index (κ1) is 19.0. The second-order valence-electron chi connectivity index (χ2n) is 6.14. The molecular formula is C14H21ClF3N5O. The molecule has 24 heavy (non-hydrogen) atoms. The quantitative estimate of drug-likeness (QED) is 0.824. The number of halogens is 4. The second kappa shape index (κ2) is 7.28. The van der Waals surface area contributed by atoms with Crippen LogP contribution in [0.1, 0.15) is 28.7 Å². The van der Waals surface area contributed by atoms with Crippen LogP contribution in [0, 0.1) is 0 Å². The summed E-state index contributed by atoms with van der Waals surface area (Å²) in [5, 5.41) is 10.2. The van der Waals surface area contributed by atoms with Gasteiger partial charge in [0.05, 0.1) is 6.54 Å². The molecular weight excluding hydrogens is 347 g/mol. The van der Waals surface area contributed by atoms with Crippen LogP contribution in [-0.2, 0) is 13.0 Å². The standard InChI is InChI=1S/C14H20F3N5O.ClH/c1-9-7-21(4-5-22(9)8-14(15,16)17)13(23)12-10-6-18-3-2-11(10)19-20-12;/h9,18H,2-8H2,1H3,(H,19,20);1H. The number of nitrogens with one attached hydrogen (secondary N) is 2. The number of fused-ring (bicyclic) bond motifs is 1. The normalized spacial score (nSPS) is 22.0. The number of piperazine rings is 1. The van der Waals surface area contributed by atoms with Crippen LogP contribution in [0.4, 0.5) is 13.2 Å². The zero-order valence-electron chi connectivity index (χ0n) is 13.3. The molecule has 6 nitrogen and oxygen atoms in total. The van der Waals surface area contributed by atoms with Crippen LogP contribution in [0.3, 0.4) is 0 Å². The zero-order chi connectivity index (χ0) is 16.6. The van der Waals surface area contributed by atoms with Crippen LogP contribution in [0.25, 0.3) is 0 Å². The molecule has 0 radical (unpaired) electrons. The van der Waals surface area contributed by atoms with E-state index in [-0.39, 0.29) is 44.0 Å². The first-order valence-electron chi connectivity index (χ1n) is 7.72. The number of aromatic amines is 1. The Morgan fingerprint density at radius 1 is 1.38 bits per heavy atom. The first-order valence-corrected chi connectivity index (χ1v) is 7.72. The number of hydrogen-bond acceptors (Lipinski definition) is 4. The molecule has 0 bridgehead atoms. The van der Waals surface area contributed by atoms with Crippen molar-refractivity contribution in [3.63, 3.8) is 0 Å². The highest BCUT2D eigenvalue weighted by atomic mass is 35.5. The summed E-state index contributed by atoms with van der Waals surface area (Å²) in [6, 6.07) is -0.331. The average molecular weight is 368 g/mol. The number of carbonyl (C=O) groups is 1. The molecule has 1 fully saturated rings. The summed E-state index contributed by atoms with van der Waals surface area (Å²) in [6.45, 7) is 3.01. The Kier molecular flexibility index (Phi) is 5.77. The minimum atomic E-state index is -4.21. The predicted octanol–water partition coefficient (Wildman–Crippen LogP) is 1.19. The van der Waals surface area contributed by atoms with Gasteiger partial charge in [-0.05, 0) is 6.92 Å². The molecule has 2 aliphatic rings. The van der Waals surface area contributed by atoms with Gasteiger partial charge in [-0.2, -0.15) is 18.3 Å². The molecule has 0 saturated carbocycles. The van der Waals surface area contributed by atoms with Gasteiger partial charge in [-0.1, -0.05) is 0 Å². The summed E-state index contributed by atoms with van der Waals surface area (Å²) in [5.74, 6) is -0.204. The minimum Gasteiger partial charge on any atom is -0.334 e. The van der Waals surface area contributed by atoms with Crippen molar-refractivity contribution in [2.24, 2.45) is 0 Å². The van der Waals surface area contributed by atoms with Crippen molar-refractivity contribution in [1.82, 2.24) is 25.3 Å². The molecule has 2 N–H and O–H groups in total. The molecule has 136 valence electrons. The lowest BCUT2D eigenvalue weighted by molar-refractivity contribution is -0.153. The van der Waals surface area contributed by atoms with Gasteiger partial charge in [-0.15, -0.1) is 12.4 Å². The zero-order valence-corrected chi connectivity index (χ0v) is 14.1. The largest absolute Gasteiger partial charge is 0.401 e. The Hall–Kier alpha value is -1.32. The molecule has 1 unspecified atom stereocenters. The third-order valence-electron chi connectivity index (χ3n) is 4.44. The fourth-order valence-corrected chi connectivity index (χ4v) is 3.20. The molecule has 2 aliphatic heterocycles. The van der Waals surface area contributed by atoms with E-state index in [1.807, 2.05) is 0 Å². The van der Waals surface area contributed by atoms with Crippen molar-refractivity contribution >= 4 is 18.3 Å². The van der Waals surface area contributed by atoms with Crippen molar-refractivity contribution in [1.29, 1.82) is 0 Å². The van der Waals surface area contributed by atoms with Crippen molar-refractivity contribution in [2.75, 3.05) is 32.7 Å². The summed E-state index contributed by atoms with van der Waals surface area (Å²) in [4.78, 5) is 15.6. The van der Waals surface area contributed by atoms with E-state index in [0.717, 1.165) is 24.2 Å². The van der Waals surface area contributed by atoms with Crippen molar-refractivity contribution in [3.05, 3.63) is 17.0 Å². The number of carbonyl (C=O) groups excluding carboxylic acids is 1. The lowest BCUT2D eigenvalue weighted by Gasteiger charge is -2.39. The van der Waals surface area contributed by atoms with E-state index < -0.39 is 12.7 Å². The summed E-state index contributed by atoms with van der Waals surface area (Å²) in [7, 11) is 0. The number of rotatable bonds is 2. The first-order chi connectivity index (χ1) is 10.8. The maximum absolute atomic E-state index is 12.6. The van der Waals surface area contributed by atoms with Crippen molar-refractivity contribution < 1.29 is 18.0 Å². The lowest BCUT2D eigenvalue weighted by atomic mass is 10.1. The van der Waals surface area contributed by atoms with Crippen LogP contribution in [-0.4, -0.2) is 70.8 Å². The van der Waals surface area contributed by atoms with Gasteiger partial charge in [0.2, 0.25) is 0 Å². The van der Waals surface area contributed by atoms with E-state index in [4.69, 9.17) is 0 Å². The number of hydrogen-bond donors (Lipinski definition) is 2. The van der Waals surface area contributed by atoms with Gasteiger partial charge >= 0.3 is 6.18 Å². The van der Waals surface area contributed by atoms with Crippen LogP contribution in [0.15, 0.2) is 0 Å². The van der Waals surface area contributed by atoms with E-state index in [9.17, 15) is 18.0 Å². The van der Waals surface area contributed by atoms with Crippen molar-refractivity contribution in [3.8, 4) is 0 Å².